The molecular formula is C23H22BrNO5. The van der Waals surface area contributed by atoms with Crippen molar-refractivity contribution < 1.29 is 24.2 Å². The van der Waals surface area contributed by atoms with E-state index >= 15 is 0 Å². The van der Waals surface area contributed by atoms with Crippen LogP contribution in [-0.2, 0) is 15.2 Å². The van der Waals surface area contributed by atoms with Crippen LogP contribution in [0.25, 0.3) is 6.08 Å². The number of amides is 1. The monoisotopic (exact) mass is 471 g/mol. The van der Waals surface area contributed by atoms with Crippen molar-refractivity contribution in [3.8, 4) is 11.5 Å². The Balaban J connectivity index is 1.56. The molecule has 2 aliphatic heterocycles. The third kappa shape index (κ3) is 3.75. The molecule has 0 saturated carbocycles. The Bertz CT molecular complexity index is 1030. The van der Waals surface area contributed by atoms with Gasteiger partial charge in [0.05, 0.1) is 12.1 Å². The summed E-state index contributed by atoms with van der Waals surface area (Å²) in [6.07, 6.45) is 4.44. The largest absolute Gasteiger partial charge is 0.454 e. The van der Waals surface area contributed by atoms with Crippen molar-refractivity contribution >= 4 is 39.4 Å². The number of fused-ring (bicyclic) bond motifs is 2. The number of rotatable bonds is 7. The van der Waals surface area contributed by atoms with Gasteiger partial charge in [-0.25, -0.2) is 0 Å². The zero-order chi connectivity index (χ0) is 21.3. The number of carbonyl (C=O) groups excluding carboxylic acids is 2. The molecule has 2 aliphatic rings. The standard InChI is InChI=1S/C23H22BrNO5/c1-2-3-10-25-19-8-6-16(24)12-18(19)23(28,22(25)27)13-17(26)7-4-15-5-9-20-21(11-15)30-14-29-20/h4-9,11-12,28H,2-3,10,13-14H2,1H3/b7-4+/t23-/m0/s1. The molecule has 0 aromatic heterocycles. The van der Waals surface area contributed by atoms with Gasteiger partial charge in [0.1, 0.15) is 0 Å². The second kappa shape index (κ2) is 8.24. The summed E-state index contributed by atoms with van der Waals surface area (Å²) in [5, 5.41) is 11.3. The number of hydrogen-bond acceptors (Lipinski definition) is 5. The third-order valence-electron chi connectivity index (χ3n) is 5.32. The fourth-order valence-electron chi connectivity index (χ4n) is 3.75. The molecule has 0 bridgehead atoms. The highest BCUT2D eigenvalue weighted by Crippen LogP contribution is 2.44. The van der Waals surface area contributed by atoms with Gasteiger partial charge in [-0.1, -0.05) is 41.4 Å². The van der Waals surface area contributed by atoms with Crippen LogP contribution in [0.3, 0.4) is 0 Å². The smallest absolute Gasteiger partial charge is 0.264 e. The Morgan fingerprint density at radius 1 is 1.23 bits per heavy atom. The van der Waals surface area contributed by atoms with Gasteiger partial charge in [0.15, 0.2) is 22.9 Å². The minimum absolute atomic E-state index is 0.181. The lowest BCUT2D eigenvalue weighted by Crippen LogP contribution is -2.42. The zero-order valence-electron chi connectivity index (χ0n) is 16.6. The summed E-state index contributed by atoms with van der Waals surface area (Å²) in [6, 6.07) is 10.7. The fourth-order valence-corrected chi connectivity index (χ4v) is 4.11. The highest BCUT2D eigenvalue weighted by Gasteiger charge is 2.50. The molecule has 0 fully saturated rings. The van der Waals surface area contributed by atoms with Crippen LogP contribution >= 0.6 is 15.9 Å². The number of halogens is 1. The van der Waals surface area contributed by atoms with E-state index in [9.17, 15) is 14.7 Å². The van der Waals surface area contributed by atoms with Crippen LogP contribution in [0.2, 0.25) is 0 Å². The molecular weight excluding hydrogens is 450 g/mol. The van der Waals surface area contributed by atoms with Gasteiger partial charge in [-0.05, 0) is 48.4 Å². The highest BCUT2D eigenvalue weighted by molar-refractivity contribution is 9.10. The normalized spacial score (nSPS) is 19.6. The zero-order valence-corrected chi connectivity index (χ0v) is 18.1. The number of anilines is 1. The SMILES string of the molecule is CCCCN1C(=O)[C@](O)(CC(=O)/C=C/c2ccc3c(c2)OCO3)c2cc(Br)ccc21. The molecule has 7 heteroatoms. The first-order chi connectivity index (χ1) is 14.4. The molecule has 2 aromatic carbocycles. The number of unbranched alkanes of at least 4 members (excludes halogenated alkanes) is 1. The molecule has 1 amide bonds. The lowest BCUT2D eigenvalue weighted by atomic mass is 9.89. The van der Waals surface area contributed by atoms with Crippen molar-refractivity contribution in [1.29, 1.82) is 0 Å². The molecule has 0 radical (unpaired) electrons. The van der Waals surface area contributed by atoms with Crippen LogP contribution in [0, 0.1) is 0 Å². The van der Waals surface area contributed by atoms with E-state index in [0.717, 1.165) is 22.9 Å². The molecule has 1 N–H and O–H groups in total. The maximum absolute atomic E-state index is 13.1. The van der Waals surface area contributed by atoms with Crippen molar-refractivity contribution in [3.05, 3.63) is 58.1 Å². The molecule has 1 atom stereocenters. The average molecular weight is 472 g/mol. The topological polar surface area (TPSA) is 76.1 Å². The van der Waals surface area contributed by atoms with Gasteiger partial charge < -0.3 is 19.5 Å². The summed E-state index contributed by atoms with van der Waals surface area (Å²) in [5.41, 5.74) is 0.0166. The predicted octanol–water partition coefficient (Wildman–Crippen LogP) is 4.18. The molecule has 0 saturated heterocycles. The number of allylic oxidation sites excluding steroid dienone is 1. The molecule has 4 rings (SSSR count). The van der Waals surface area contributed by atoms with Crippen molar-refractivity contribution in [3.63, 3.8) is 0 Å². The minimum atomic E-state index is -1.87. The van der Waals surface area contributed by atoms with E-state index < -0.39 is 11.5 Å². The lowest BCUT2D eigenvalue weighted by Gasteiger charge is -2.22. The van der Waals surface area contributed by atoms with Gasteiger partial charge in [0, 0.05) is 16.6 Å². The second-order valence-electron chi connectivity index (χ2n) is 7.42. The Labute approximate surface area is 183 Å². The first-order valence-electron chi connectivity index (χ1n) is 9.87. The average Bonchev–Trinajstić information content (AvgIpc) is 3.27. The Morgan fingerprint density at radius 2 is 2.03 bits per heavy atom. The number of aliphatic hydroxyl groups is 1. The summed E-state index contributed by atoms with van der Waals surface area (Å²) in [7, 11) is 0. The maximum atomic E-state index is 13.1. The van der Waals surface area contributed by atoms with Crippen LogP contribution in [-0.4, -0.2) is 30.1 Å². The fraction of sp³-hybridized carbons (Fsp3) is 0.304. The van der Waals surface area contributed by atoms with Crippen molar-refractivity contribution in [2.24, 2.45) is 0 Å². The van der Waals surface area contributed by atoms with Crippen LogP contribution < -0.4 is 14.4 Å². The molecule has 30 heavy (non-hydrogen) atoms. The van der Waals surface area contributed by atoms with E-state index in [1.54, 1.807) is 35.2 Å². The molecule has 6 nitrogen and oxygen atoms in total. The number of carbonyl (C=O) groups is 2. The summed E-state index contributed by atoms with van der Waals surface area (Å²) in [5.74, 6) is 0.499. The summed E-state index contributed by atoms with van der Waals surface area (Å²) >= 11 is 3.40. The Kier molecular flexibility index (Phi) is 5.66. The minimum Gasteiger partial charge on any atom is -0.454 e. The number of ketones is 1. The third-order valence-corrected chi connectivity index (χ3v) is 5.81. The molecule has 2 aromatic rings. The van der Waals surface area contributed by atoms with Crippen LogP contribution in [0.15, 0.2) is 46.9 Å². The summed E-state index contributed by atoms with van der Waals surface area (Å²) in [6.45, 7) is 2.73. The quantitative estimate of drug-likeness (QED) is 0.612. The molecule has 0 spiro atoms. The molecule has 0 aliphatic carbocycles. The van der Waals surface area contributed by atoms with E-state index in [-0.39, 0.29) is 19.0 Å². The first kappa shape index (κ1) is 20.6. The van der Waals surface area contributed by atoms with Gasteiger partial charge in [0.2, 0.25) is 6.79 Å². The van der Waals surface area contributed by atoms with E-state index in [1.807, 2.05) is 19.1 Å². The van der Waals surface area contributed by atoms with E-state index in [1.165, 1.54) is 6.08 Å². The van der Waals surface area contributed by atoms with E-state index in [0.29, 0.717) is 29.3 Å². The summed E-state index contributed by atoms with van der Waals surface area (Å²) < 4.78 is 11.4. The first-order valence-corrected chi connectivity index (χ1v) is 10.7. The van der Waals surface area contributed by atoms with E-state index in [4.69, 9.17) is 9.47 Å². The van der Waals surface area contributed by atoms with Crippen LogP contribution in [0.5, 0.6) is 11.5 Å². The van der Waals surface area contributed by atoms with Crippen LogP contribution in [0.4, 0.5) is 5.69 Å². The number of ether oxygens (including phenoxy) is 2. The Morgan fingerprint density at radius 3 is 2.83 bits per heavy atom. The van der Waals surface area contributed by atoms with Gasteiger partial charge in [-0.15, -0.1) is 0 Å². The molecule has 0 unspecified atom stereocenters. The Hall–Kier alpha value is -2.64. The highest BCUT2D eigenvalue weighted by atomic mass is 79.9. The van der Waals surface area contributed by atoms with Crippen LogP contribution in [0.1, 0.15) is 37.3 Å². The van der Waals surface area contributed by atoms with Gasteiger partial charge in [-0.2, -0.15) is 0 Å². The number of hydrogen-bond donors (Lipinski definition) is 1. The van der Waals surface area contributed by atoms with Gasteiger partial charge >= 0.3 is 0 Å². The second-order valence-corrected chi connectivity index (χ2v) is 8.34. The van der Waals surface area contributed by atoms with Gasteiger partial charge in [0.25, 0.3) is 5.91 Å². The van der Waals surface area contributed by atoms with Gasteiger partial charge in [-0.3, -0.25) is 9.59 Å². The molecule has 156 valence electrons. The number of benzene rings is 2. The van der Waals surface area contributed by atoms with Crippen molar-refractivity contribution in [2.75, 3.05) is 18.2 Å². The van der Waals surface area contributed by atoms with E-state index in [2.05, 4.69) is 15.9 Å². The maximum Gasteiger partial charge on any atom is 0.264 e. The number of nitrogens with zero attached hydrogens (tertiary/aromatic N) is 1. The lowest BCUT2D eigenvalue weighted by molar-refractivity contribution is -0.140. The van der Waals surface area contributed by atoms with Crippen molar-refractivity contribution in [2.45, 2.75) is 31.8 Å². The molecule has 2 heterocycles. The van der Waals surface area contributed by atoms with Crippen molar-refractivity contribution in [1.82, 2.24) is 0 Å². The predicted molar refractivity (Wildman–Crippen MR) is 117 cm³/mol. The summed E-state index contributed by atoms with van der Waals surface area (Å²) in [4.78, 5) is 27.4.